The smallest absolute Gasteiger partial charge is 0.166 e. The van der Waals surface area contributed by atoms with Gasteiger partial charge in [0.2, 0.25) is 0 Å². The van der Waals surface area contributed by atoms with Crippen molar-refractivity contribution in [2.45, 2.75) is 46.6 Å². The number of rotatable bonds is 4. The first-order chi connectivity index (χ1) is 9.90. The van der Waals surface area contributed by atoms with E-state index in [1.165, 1.54) is 0 Å². The minimum absolute atomic E-state index is 0.0387. The van der Waals surface area contributed by atoms with E-state index in [-0.39, 0.29) is 23.7 Å². The van der Waals surface area contributed by atoms with Crippen molar-refractivity contribution in [1.29, 1.82) is 0 Å². The number of hydrogen-bond donors (Lipinski definition) is 1. The van der Waals surface area contributed by atoms with E-state index in [4.69, 9.17) is 10.5 Å². The number of carbonyl (C=O) groups is 1. The Labute approximate surface area is 127 Å². The molecule has 1 saturated carbocycles. The van der Waals surface area contributed by atoms with Crippen LogP contribution < -0.4 is 10.5 Å². The normalized spacial score (nSPS) is 28.7. The van der Waals surface area contributed by atoms with E-state index < -0.39 is 0 Å². The van der Waals surface area contributed by atoms with Crippen molar-refractivity contribution in [2.24, 2.45) is 23.5 Å². The van der Waals surface area contributed by atoms with Gasteiger partial charge >= 0.3 is 0 Å². The van der Waals surface area contributed by atoms with Crippen LogP contribution in [0, 0.1) is 31.6 Å². The molecule has 0 bridgehead atoms. The van der Waals surface area contributed by atoms with Crippen molar-refractivity contribution in [2.75, 3.05) is 7.11 Å². The summed E-state index contributed by atoms with van der Waals surface area (Å²) < 4.78 is 5.39. The lowest BCUT2D eigenvalue weighted by atomic mass is 9.87. The fraction of sp³-hybridized carbons (Fsp3) is 0.611. The number of Topliss-reactive ketones (excluding diaryl/α,β-unsaturated/α-hetero) is 1. The highest BCUT2D eigenvalue weighted by Gasteiger charge is 2.41. The summed E-state index contributed by atoms with van der Waals surface area (Å²) in [6, 6.07) is 4.00. The zero-order chi connectivity index (χ0) is 15.7. The average Bonchev–Trinajstić information content (AvgIpc) is 2.76. The highest BCUT2D eigenvalue weighted by molar-refractivity contribution is 5.99. The van der Waals surface area contributed by atoms with E-state index in [1.807, 2.05) is 26.0 Å². The van der Waals surface area contributed by atoms with Gasteiger partial charge in [0.25, 0.3) is 0 Å². The number of ether oxygens (including phenoxy) is 1. The van der Waals surface area contributed by atoms with Gasteiger partial charge in [-0.15, -0.1) is 0 Å². The van der Waals surface area contributed by atoms with Crippen LogP contribution in [0.1, 0.15) is 48.2 Å². The third-order valence-electron chi connectivity index (χ3n) is 5.33. The van der Waals surface area contributed by atoms with Crippen molar-refractivity contribution in [3.63, 3.8) is 0 Å². The Kier molecular flexibility index (Phi) is 4.72. The quantitative estimate of drug-likeness (QED) is 0.863. The van der Waals surface area contributed by atoms with Crippen LogP contribution in [0.4, 0.5) is 0 Å². The van der Waals surface area contributed by atoms with Crippen LogP contribution in [0.3, 0.4) is 0 Å². The largest absolute Gasteiger partial charge is 0.496 e. The Bertz CT molecular complexity index is 538. The molecule has 21 heavy (non-hydrogen) atoms. The van der Waals surface area contributed by atoms with Crippen molar-refractivity contribution < 1.29 is 9.53 Å². The van der Waals surface area contributed by atoms with Gasteiger partial charge in [-0.2, -0.15) is 0 Å². The van der Waals surface area contributed by atoms with E-state index in [0.717, 1.165) is 35.3 Å². The number of aryl methyl sites for hydroxylation is 1. The minimum atomic E-state index is 0.0387. The summed E-state index contributed by atoms with van der Waals surface area (Å²) in [5.41, 5.74) is 9.22. The van der Waals surface area contributed by atoms with Gasteiger partial charge in [-0.3, -0.25) is 4.79 Å². The maximum atomic E-state index is 12.9. The molecule has 1 aromatic rings. The van der Waals surface area contributed by atoms with Crippen LogP contribution >= 0.6 is 0 Å². The molecule has 4 atom stereocenters. The molecule has 1 aliphatic rings. The summed E-state index contributed by atoms with van der Waals surface area (Å²) in [6.45, 7) is 8.31. The molecular formula is C18H27NO2. The Morgan fingerprint density at radius 1 is 1.38 bits per heavy atom. The summed E-state index contributed by atoms with van der Waals surface area (Å²) in [5.74, 6) is 1.75. The number of benzene rings is 1. The minimum Gasteiger partial charge on any atom is -0.496 e. The molecule has 1 aliphatic carbocycles. The fourth-order valence-electron chi connectivity index (χ4n) is 3.58. The fourth-order valence-corrected chi connectivity index (χ4v) is 3.58. The number of carbonyl (C=O) groups excluding carboxylic acids is 1. The molecule has 116 valence electrons. The number of hydrogen-bond acceptors (Lipinski definition) is 3. The molecule has 2 rings (SSSR count). The van der Waals surface area contributed by atoms with Gasteiger partial charge in [-0.1, -0.05) is 20.3 Å². The van der Waals surface area contributed by atoms with Gasteiger partial charge in [-0.25, -0.2) is 0 Å². The number of nitrogens with two attached hydrogens (primary N) is 1. The van der Waals surface area contributed by atoms with Crippen LogP contribution in [-0.4, -0.2) is 18.9 Å². The molecule has 1 unspecified atom stereocenters. The first kappa shape index (κ1) is 16.0. The second-order valence-corrected chi connectivity index (χ2v) is 6.43. The second kappa shape index (κ2) is 6.18. The predicted molar refractivity (Wildman–Crippen MR) is 85.8 cm³/mol. The maximum absolute atomic E-state index is 12.9. The van der Waals surface area contributed by atoms with Gasteiger partial charge < -0.3 is 10.5 Å². The average molecular weight is 289 g/mol. The molecule has 0 spiro atoms. The van der Waals surface area contributed by atoms with Gasteiger partial charge in [-0.05, 0) is 55.4 Å². The van der Waals surface area contributed by atoms with Gasteiger partial charge in [0, 0.05) is 17.5 Å². The maximum Gasteiger partial charge on any atom is 0.166 e. The molecule has 0 aromatic heterocycles. The van der Waals surface area contributed by atoms with Crippen LogP contribution in [0.5, 0.6) is 5.75 Å². The highest BCUT2D eigenvalue weighted by atomic mass is 16.5. The molecule has 0 radical (unpaired) electrons. The monoisotopic (exact) mass is 289 g/mol. The van der Waals surface area contributed by atoms with Crippen LogP contribution in [0.2, 0.25) is 0 Å². The standard InChI is InChI=1S/C18H27NO2/c1-6-13-8-15(12(4)17(13)19)18(20)14-7-10(2)11(3)16(9-14)21-5/h7,9,12-13,15,17H,6,8,19H2,1-5H3/t12-,13+,15?,17-/m1/s1. The zero-order valence-electron chi connectivity index (χ0n) is 13.8. The third-order valence-corrected chi connectivity index (χ3v) is 5.33. The Morgan fingerprint density at radius 2 is 2.05 bits per heavy atom. The van der Waals surface area contributed by atoms with Gasteiger partial charge in [0.1, 0.15) is 5.75 Å². The zero-order valence-corrected chi connectivity index (χ0v) is 13.8. The van der Waals surface area contributed by atoms with Crippen molar-refractivity contribution in [3.05, 3.63) is 28.8 Å². The lowest BCUT2D eigenvalue weighted by Gasteiger charge is -2.19. The summed E-state index contributed by atoms with van der Waals surface area (Å²) in [6.07, 6.45) is 1.96. The van der Waals surface area contributed by atoms with E-state index in [2.05, 4.69) is 13.8 Å². The Balaban J connectivity index is 2.31. The summed E-state index contributed by atoms with van der Waals surface area (Å²) in [4.78, 5) is 12.9. The predicted octanol–water partition coefficient (Wildman–Crippen LogP) is 3.50. The molecule has 0 aliphatic heterocycles. The van der Waals surface area contributed by atoms with Gasteiger partial charge in [0.05, 0.1) is 7.11 Å². The van der Waals surface area contributed by atoms with Crippen molar-refractivity contribution in [1.82, 2.24) is 0 Å². The number of ketones is 1. The van der Waals surface area contributed by atoms with E-state index >= 15 is 0 Å². The molecular weight excluding hydrogens is 262 g/mol. The summed E-state index contributed by atoms with van der Waals surface area (Å²) >= 11 is 0. The highest BCUT2D eigenvalue weighted by Crippen LogP contribution is 2.39. The summed E-state index contributed by atoms with van der Waals surface area (Å²) in [7, 11) is 1.65. The SMILES string of the molecule is CC[C@H]1CC(C(=O)c2cc(C)c(C)c(OC)c2)[C@@H](C)[C@H]1N. The molecule has 2 N–H and O–H groups in total. The molecule has 1 fully saturated rings. The molecule has 0 heterocycles. The van der Waals surface area contributed by atoms with Crippen LogP contribution in [0.15, 0.2) is 12.1 Å². The molecule has 3 heteroatoms. The first-order valence-electron chi connectivity index (χ1n) is 7.85. The third kappa shape index (κ3) is 2.84. The molecule has 0 saturated heterocycles. The first-order valence-corrected chi connectivity index (χ1v) is 7.85. The Hall–Kier alpha value is -1.35. The molecule has 1 aromatic carbocycles. The lowest BCUT2D eigenvalue weighted by molar-refractivity contribution is 0.0892. The summed E-state index contributed by atoms with van der Waals surface area (Å²) in [5, 5.41) is 0. The number of methoxy groups -OCH3 is 1. The van der Waals surface area contributed by atoms with Gasteiger partial charge in [0.15, 0.2) is 5.78 Å². The van der Waals surface area contributed by atoms with E-state index in [9.17, 15) is 4.79 Å². The molecule has 0 amide bonds. The van der Waals surface area contributed by atoms with E-state index in [1.54, 1.807) is 7.11 Å². The van der Waals surface area contributed by atoms with E-state index in [0.29, 0.717) is 5.92 Å². The second-order valence-electron chi connectivity index (χ2n) is 6.43. The topological polar surface area (TPSA) is 52.3 Å². The molecule has 3 nitrogen and oxygen atoms in total. The van der Waals surface area contributed by atoms with Crippen molar-refractivity contribution in [3.8, 4) is 5.75 Å². The Morgan fingerprint density at radius 3 is 2.57 bits per heavy atom. The van der Waals surface area contributed by atoms with Crippen LogP contribution in [-0.2, 0) is 0 Å². The lowest BCUT2D eigenvalue weighted by Crippen LogP contribution is -2.32. The van der Waals surface area contributed by atoms with Crippen LogP contribution in [0.25, 0.3) is 0 Å². The van der Waals surface area contributed by atoms with Crippen molar-refractivity contribution >= 4 is 5.78 Å².